The van der Waals surface area contributed by atoms with Crippen LogP contribution in [0.2, 0.25) is 0 Å². The minimum Gasteiger partial charge on any atom is -0.261 e. The van der Waals surface area contributed by atoms with Crippen molar-refractivity contribution in [2.45, 2.75) is 13.8 Å². The highest BCUT2D eigenvalue weighted by Gasteiger charge is 2.18. The minimum atomic E-state index is 1.02. The molecule has 0 aliphatic rings. The van der Waals surface area contributed by atoms with Gasteiger partial charge in [0.25, 0.3) is 0 Å². The molecule has 2 heterocycles. The van der Waals surface area contributed by atoms with E-state index in [-0.39, 0.29) is 0 Å². The van der Waals surface area contributed by atoms with Gasteiger partial charge in [-0.05, 0) is 115 Å². The Bertz CT molecular complexity index is 2670. The summed E-state index contributed by atoms with van der Waals surface area (Å²) in [5.41, 5.74) is 13.9. The summed E-state index contributed by atoms with van der Waals surface area (Å²) in [5, 5.41) is 7.45. The van der Waals surface area contributed by atoms with Crippen LogP contribution in [0.15, 0.2) is 170 Å². The van der Waals surface area contributed by atoms with E-state index in [1.807, 2.05) is 26.2 Å². The van der Waals surface area contributed by atoms with Crippen LogP contribution in [0.5, 0.6) is 0 Å². The van der Waals surface area contributed by atoms with Crippen LogP contribution >= 0.6 is 0 Å². The largest absolute Gasteiger partial charge is 0.261 e. The van der Waals surface area contributed by atoms with E-state index in [1.165, 1.54) is 65.7 Å². The summed E-state index contributed by atoms with van der Waals surface area (Å²) in [6, 6.07) is 57.6. The normalized spacial score (nSPS) is 11.4. The number of benzene rings is 7. The number of nitrogens with zero attached hydrogens (tertiary/aromatic N) is 2. The van der Waals surface area contributed by atoms with Gasteiger partial charge in [0.05, 0.1) is 0 Å². The minimum absolute atomic E-state index is 1.02. The molecule has 0 spiro atoms. The van der Waals surface area contributed by atoms with Gasteiger partial charge >= 0.3 is 0 Å². The van der Waals surface area contributed by atoms with Crippen molar-refractivity contribution >= 4 is 32.3 Å². The summed E-state index contributed by atoms with van der Waals surface area (Å²) in [4.78, 5) is 9.07. The molecule has 0 radical (unpaired) electrons. The number of hydrogen-bond acceptors (Lipinski definition) is 2. The van der Waals surface area contributed by atoms with Crippen LogP contribution in [0.1, 0.15) is 11.4 Å². The lowest BCUT2D eigenvalue weighted by Gasteiger charge is -2.19. The van der Waals surface area contributed by atoms with E-state index < -0.39 is 0 Å². The van der Waals surface area contributed by atoms with E-state index in [9.17, 15) is 0 Å². The van der Waals surface area contributed by atoms with Crippen LogP contribution in [0, 0.1) is 13.8 Å². The summed E-state index contributed by atoms with van der Waals surface area (Å²) >= 11 is 0. The van der Waals surface area contributed by atoms with Crippen molar-refractivity contribution in [3.05, 3.63) is 182 Å². The molecule has 0 saturated heterocycles. The number of aryl methyl sites for hydroxylation is 2. The molecule has 2 nitrogen and oxygen atoms in total. The van der Waals surface area contributed by atoms with Gasteiger partial charge in [0.15, 0.2) is 0 Å². The van der Waals surface area contributed by atoms with Crippen molar-refractivity contribution in [3.63, 3.8) is 0 Å². The van der Waals surface area contributed by atoms with Crippen molar-refractivity contribution in [3.8, 4) is 55.6 Å². The summed E-state index contributed by atoms with van der Waals surface area (Å²) in [6.07, 6.45) is 3.92. The summed E-state index contributed by atoms with van der Waals surface area (Å²) in [7, 11) is 0. The maximum Gasteiger partial charge on any atom is 0.0373 e. The molecule has 0 saturated carbocycles. The predicted molar refractivity (Wildman–Crippen MR) is 211 cm³/mol. The van der Waals surface area contributed by atoms with E-state index >= 15 is 0 Å². The van der Waals surface area contributed by atoms with Crippen LogP contribution in [-0.2, 0) is 0 Å². The Kier molecular flexibility index (Phi) is 7.29. The number of aromatic nitrogens is 2. The predicted octanol–water partition coefficient (Wildman–Crippen LogP) is 12.9. The highest BCUT2D eigenvalue weighted by atomic mass is 14.7. The van der Waals surface area contributed by atoms with Crippen LogP contribution < -0.4 is 0 Å². The molecular weight excluding hydrogens is 605 g/mol. The Morgan fingerprint density at radius 2 is 0.720 bits per heavy atom. The Hall–Kier alpha value is -6.38. The van der Waals surface area contributed by atoms with Crippen molar-refractivity contribution in [2.24, 2.45) is 0 Å². The number of hydrogen-bond donors (Lipinski definition) is 0. The topological polar surface area (TPSA) is 25.8 Å². The summed E-state index contributed by atoms with van der Waals surface area (Å²) < 4.78 is 0. The zero-order valence-corrected chi connectivity index (χ0v) is 28.1. The van der Waals surface area contributed by atoms with Gasteiger partial charge in [-0.15, -0.1) is 0 Å². The molecule has 9 rings (SSSR count). The SMILES string of the molecule is Cc1ccc(-c2ccc(-c3c4ccccc4c(-c4ccc(-c5ccc(C)nc5)cc4)c4cc(-c5ccc6ccccc6c5)ccc34)cc2)cn1. The van der Waals surface area contributed by atoms with Crippen molar-refractivity contribution in [2.75, 3.05) is 0 Å². The molecule has 0 unspecified atom stereocenters. The van der Waals surface area contributed by atoms with Gasteiger partial charge in [-0.25, -0.2) is 0 Å². The molecule has 2 aromatic heterocycles. The zero-order chi connectivity index (χ0) is 33.6. The fourth-order valence-electron chi connectivity index (χ4n) is 7.28. The van der Waals surface area contributed by atoms with Gasteiger partial charge in [-0.3, -0.25) is 9.97 Å². The molecular formula is C48H34N2. The standard InChI is InChI=1S/C48H34N2/c1-31-11-13-41(29-49-31)34-15-20-36(21-16-34)47-43-9-5-6-10-44(43)48(37-22-17-35(18-23-37)42-14-12-32(2)50-30-42)46-28-40(25-26-45(46)47)39-24-19-33-7-3-4-8-38(33)27-39/h3-30H,1-2H3. The lowest BCUT2D eigenvalue weighted by atomic mass is 9.84. The molecule has 0 N–H and O–H groups in total. The summed E-state index contributed by atoms with van der Waals surface area (Å²) in [6.45, 7) is 4.04. The lowest BCUT2D eigenvalue weighted by molar-refractivity contribution is 1.20. The number of pyridine rings is 2. The van der Waals surface area contributed by atoms with Crippen molar-refractivity contribution in [1.29, 1.82) is 0 Å². The molecule has 0 aliphatic carbocycles. The van der Waals surface area contributed by atoms with Gasteiger partial charge in [0, 0.05) is 34.9 Å². The van der Waals surface area contributed by atoms with Gasteiger partial charge < -0.3 is 0 Å². The fraction of sp³-hybridized carbons (Fsp3) is 0.0417. The molecule has 50 heavy (non-hydrogen) atoms. The first-order valence-corrected chi connectivity index (χ1v) is 17.1. The van der Waals surface area contributed by atoms with Crippen molar-refractivity contribution in [1.82, 2.24) is 9.97 Å². The molecule has 9 aromatic rings. The molecule has 0 aliphatic heterocycles. The van der Waals surface area contributed by atoms with E-state index in [0.29, 0.717) is 0 Å². The quantitative estimate of drug-likeness (QED) is 0.175. The number of rotatable bonds is 5. The zero-order valence-electron chi connectivity index (χ0n) is 28.1. The smallest absolute Gasteiger partial charge is 0.0373 e. The van der Waals surface area contributed by atoms with E-state index in [4.69, 9.17) is 0 Å². The highest BCUT2D eigenvalue weighted by molar-refractivity contribution is 6.22. The Morgan fingerprint density at radius 3 is 1.28 bits per heavy atom. The van der Waals surface area contributed by atoms with Gasteiger partial charge in [0.1, 0.15) is 0 Å². The molecule has 0 amide bonds. The van der Waals surface area contributed by atoms with Crippen molar-refractivity contribution < 1.29 is 0 Å². The second-order valence-corrected chi connectivity index (χ2v) is 13.1. The third-order valence-corrected chi connectivity index (χ3v) is 9.94. The molecule has 7 aromatic carbocycles. The third-order valence-electron chi connectivity index (χ3n) is 9.94. The molecule has 0 fully saturated rings. The Morgan fingerprint density at radius 1 is 0.300 bits per heavy atom. The van der Waals surface area contributed by atoms with Crippen LogP contribution in [0.4, 0.5) is 0 Å². The first kappa shape index (κ1) is 29.7. The monoisotopic (exact) mass is 638 g/mol. The van der Waals surface area contributed by atoms with Crippen LogP contribution in [0.25, 0.3) is 88.0 Å². The maximum absolute atomic E-state index is 4.54. The second-order valence-electron chi connectivity index (χ2n) is 13.1. The first-order valence-electron chi connectivity index (χ1n) is 17.1. The van der Waals surface area contributed by atoms with E-state index in [2.05, 4.69) is 168 Å². The average Bonchev–Trinajstić information content (AvgIpc) is 3.17. The summed E-state index contributed by atoms with van der Waals surface area (Å²) in [5.74, 6) is 0. The van der Waals surface area contributed by atoms with Gasteiger partial charge in [0.2, 0.25) is 0 Å². The lowest BCUT2D eigenvalue weighted by Crippen LogP contribution is -1.92. The Labute approximate surface area is 292 Å². The van der Waals surface area contributed by atoms with E-state index in [0.717, 1.165) is 33.6 Å². The molecule has 2 heteroatoms. The average molecular weight is 639 g/mol. The molecule has 0 bridgehead atoms. The maximum atomic E-state index is 4.54. The fourth-order valence-corrected chi connectivity index (χ4v) is 7.28. The highest BCUT2D eigenvalue weighted by Crippen LogP contribution is 2.45. The third kappa shape index (κ3) is 5.32. The van der Waals surface area contributed by atoms with Crippen LogP contribution in [0.3, 0.4) is 0 Å². The van der Waals surface area contributed by atoms with Crippen LogP contribution in [-0.4, -0.2) is 9.97 Å². The van der Waals surface area contributed by atoms with Gasteiger partial charge in [-0.2, -0.15) is 0 Å². The number of fused-ring (bicyclic) bond motifs is 3. The molecule has 0 atom stereocenters. The first-order chi connectivity index (χ1) is 24.6. The Balaban J connectivity index is 1.27. The van der Waals surface area contributed by atoms with Gasteiger partial charge in [-0.1, -0.05) is 133 Å². The molecule has 236 valence electrons. The van der Waals surface area contributed by atoms with E-state index in [1.54, 1.807) is 0 Å². The second kappa shape index (κ2) is 12.3.